The molecule has 1 aromatic carbocycles. The number of amides is 1. The Morgan fingerprint density at radius 1 is 1.29 bits per heavy atom. The summed E-state index contributed by atoms with van der Waals surface area (Å²) >= 11 is 5.75. The van der Waals surface area contributed by atoms with Gasteiger partial charge in [0.05, 0.1) is 18.1 Å². The molecule has 17 heavy (non-hydrogen) atoms. The van der Waals surface area contributed by atoms with Crippen molar-refractivity contribution in [2.45, 2.75) is 5.92 Å². The van der Waals surface area contributed by atoms with Crippen molar-refractivity contribution >= 4 is 17.5 Å². The Hall–Kier alpha value is -2.04. The number of primary amides is 1. The van der Waals surface area contributed by atoms with Gasteiger partial charge in [-0.05, 0) is 17.7 Å². The average molecular weight is 246 g/mol. The third kappa shape index (κ3) is 1.54. The second-order valence-electron chi connectivity index (χ2n) is 4.00. The summed E-state index contributed by atoms with van der Waals surface area (Å²) in [5.74, 6) is -1.81. The zero-order valence-electron chi connectivity index (χ0n) is 8.72. The number of halogens is 1. The van der Waals surface area contributed by atoms with Crippen LogP contribution in [0.25, 0.3) is 0 Å². The van der Waals surface area contributed by atoms with Gasteiger partial charge in [-0.1, -0.05) is 23.7 Å². The lowest BCUT2D eigenvalue weighted by atomic mass is 10.0. The van der Waals surface area contributed by atoms with E-state index in [-0.39, 0.29) is 0 Å². The third-order valence-corrected chi connectivity index (χ3v) is 3.36. The van der Waals surface area contributed by atoms with Crippen molar-refractivity contribution in [3.63, 3.8) is 0 Å². The Morgan fingerprint density at radius 2 is 1.82 bits per heavy atom. The topological polar surface area (TPSA) is 90.7 Å². The molecule has 0 saturated heterocycles. The minimum absolute atomic E-state index is 0.452. The molecule has 0 radical (unpaired) electrons. The van der Waals surface area contributed by atoms with Gasteiger partial charge in [-0.25, -0.2) is 0 Å². The fourth-order valence-electron chi connectivity index (χ4n) is 2.21. The van der Waals surface area contributed by atoms with E-state index in [1.807, 2.05) is 12.1 Å². The largest absolute Gasteiger partial charge is 0.369 e. The second kappa shape index (κ2) is 3.76. The van der Waals surface area contributed by atoms with Crippen LogP contribution in [-0.4, -0.2) is 5.91 Å². The van der Waals surface area contributed by atoms with Gasteiger partial charge in [0.2, 0.25) is 5.91 Å². The van der Waals surface area contributed by atoms with E-state index in [4.69, 9.17) is 27.9 Å². The molecular formula is C12H8ClN3O. The molecule has 2 rings (SSSR count). The van der Waals surface area contributed by atoms with Gasteiger partial charge in [-0.15, -0.1) is 0 Å². The Morgan fingerprint density at radius 3 is 2.18 bits per heavy atom. The van der Waals surface area contributed by atoms with E-state index in [1.165, 1.54) is 0 Å². The van der Waals surface area contributed by atoms with Crippen molar-refractivity contribution in [2.24, 2.45) is 17.1 Å². The molecule has 1 amide bonds. The molecule has 0 heterocycles. The van der Waals surface area contributed by atoms with Crippen LogP contribution in [0, 0.1) is 34.0 Å². The first kappa shape index (κ1) is 11.4. The van der Waals surface area contributed by atoms with E-state index in [1.54, 1.807) is 24.3 Å². The maximum Gasteiger partial charge on any atom is 0.223 e. The van der Waals surface area contributed by atoms with E-state index in [2.05, 4.69) is 0 Å². The summed E-state index contributed by atoms with van der Waals surface area (Å²) in [4.78, 5) is 11.2. The smallest absolute Gasteiger partial charge is 0.223 e. The van der Waals surface area contributed by atoms with Gasteiger partial charge in [0.25, 0.3) is 0 Å². The first-order chi connectivity index (χ1) is 8.06. The van der Waals surface area contributed by atoms with Crippen LogP contribution in [-0.2, 0) is 4.79 Å². The lowest BCUT2D eigenvalue weighted by molar-refractivity contribution is -0.119. The molecule has 84 valence electrons. The van der Waals surface area contributed by atoms with Crippen molar-refractivity contribution < 1.29 is 4.79 Å². The third-order valence-electron chi connectivity index (χ3n) is 3.11. The van der Waals surface area contributed by atoms with E-state index in [9.17, 15) is 4.79 Å². The fourth-order valence-corrected chi connectivity index (χ4v) is 2.33. The summed E-state index contributed by atoms with van der Waals surface area (Å²) in [6.45, 7) is 0. The highest BCUT2D eigenvalue weighted by Crippen LogP contribution is 2.64. The van der Waals surface area contributed by atoms with Crippen LogP contribution in [0.3, 0.4) is 0 Å². The number of benzene rings is 1. The van der Waals surface area contributed by atoms with Crippen molar-refractivity contribution in [2.75, 3.05) is 0 Å². The quantitative estimate of drug-likeness (QED) is 0.857. The molecule has 1 aliphatic rings. The molecule has 0 bridgehead atoms. The number of hydrogen-bond acceptors (Lipinski definition) is 3. The monoisotopic (exact) mass is 245 g/mol. The number of carbonyl (C=O) groups excluding carboxylic acids is 1. The van der Waals surface area contributed by atoms with Gasteiger partial charge in [0, 0.05) is 10.9 Å². The van der Waals surface area contributed by atoms with Crippen LogP contribution in [0.1, 0.15) is 11.5 Å². The van der Waals surface area contributed by atoms with Crippen molar-refractivity contribution in [3.8, 4) is 12.1 Å². The Kier molecular flexibility index (Phi) is 2.53. The van der Waals surface area contributed by atoms with Crippen LogP contribution < -0.4 is 5.73 Å². The molecule has 0 aromatic heterocycles. The molecule has 0 unspecified atom stereocenters. The van der Waals surface area contributed by atoms with E-state index in [0.717, 1.165) is 5.56 Å². The van der Waals surface area contributed by atoms with Crippen LogP contribution in [0.15, 0.2) is 24.3 Å². The number of hydrogen-bond donors (Lipinski definition) is 1. The van der Waals surface area contributed by atoms with E-state index < -0.39 is 23.2 Å². The van der Waals surface area contributed by atoms with Gasteiger partial charge in [-0.2, -0.15) is 10.5 Å². The molecule has 2 N–H and O–H groups in total. The van der Waals surface area contributed by atoms with E-state index in [0.29, 0.717) is 5.02 Å². The van der Waals surface area contributed by atoms with Crippen molar-refractivity contribution in [1.29, 1.82) is 10.5 Å². The van der Waals surface area contributed by atoms with Crippen LogP contribution in [0.5, 0.6) is 0 Å². The first-order valence-electron chi connectivity index (χ1n) is 4.94. The molecule has 5 heteroatoms. The number of carbonyl (C=O) groups is 1. The minimum Gasteiger partial charge on any atom is -0.369 e. The van der Waals surface area contributed by atoms with Gasteiger partial charge in [-0.3, -0.25) is 4.79 Å². The summed E-state index contributed by atoms with van der Waals surface area (Å²) in [6.07, 6.45) is 0. The van der Waals surface area contributed by atoms with Gasteiger partial charge in [0.15, 0.2) is 5.41 Å². The number of rotatable bonds is 2. The maximum atomic E-state index is 11.2. The molecule has 0 aliphatic heterocycles. The number of nitriles is 2. The summed E-state index contributed by atoms with van der Waals surface area (Å²) in [5.41, 5.74) is 4.63. The van der Waals surface area contributed by atoms with Crippen molar-refractivity contribution in [3.05, 3.63) is 34.9 Å². The SMILES string of the molecule is N#CC1(C#N)[C@H](c2ccc(Cl)cc2)[C@@H]1C(N)=O. The van der Waals surface area contributed by atoms with Crippen LogP contribution in [0.2, 0.25) is 5.02 Å². The standard InChI is InChI=1S/C12H8ClN3O/c13-8-3-1-7(2-4-8)9-10(11(16)17)12(9,5-14)6-15/h1-4,9-10H,(H2,16,17)/t9-,10-/m1/s1. The first-order valence-corrected chi connectivity index (χ1v) is 5.32. The van der Waals surface area contributed by atoms with Gasteiger partial charge >= 0.3 is 0 Å². The van der Waals surface area contributed by atoms with Gasteiger partial charge in [0.1, 0.15) is 0 Å². The molecule has 1 fully saturated rings. The second-order valence-corrected chi connectivity index (χ2v) is 4.44. The Labute approximate surface area is 103 Å². The summed E-state index contributed by atoms with van der Waals surface area (Å²) in [7, 11) is 0. The highest BCUT2D eigenvalue weighted by atomic mass is 35.5. The molecule has 2 atom stereocenters. The van der Waals surface area contributed by atoms with Crippen molar-refractivity contribution in [1.82, 2.24) is 0 Å². The zero-order chi connectivity index (χ0) is 12.6. The normalized spacial score (nSPS) is 24.4. The van der Waals surface area contributed by atoms with Gasteiger partial charge < -0.3 is 5.73 Å². The fraction of sp³-hybridized carbons (Fsp3) is 0.250. The number of nitrogens with two attached hydrogens (primary N) is 1. The van der Waals surface area contributed by atoms with E-state index >= 15 is 0 Å². The zero-order valence-corrected chi connectivity index (χ0v) is 9.48. The summed E-state index contributed by atoms with van der Waals surface area (Å²) < 4.78 is 0. The maximum absolute atomic E-state index is 11.2. The molecule has 4 nitrogen and oxygen atoms in total. The molecule has 1 saturated carbocycles. The Balaban J connectivity index is 2.41. The van der Waals surface area contributed by atoms with Crippen LogP contribution in [0.4, 0.5) is 0 Å². The Bertz CT molecular complexity index is 539. The predicted molar refractivity (Wildman–Crippen MR) is 60.5 cm³/mol. The summed E-state index contributed by atoms with van der Waals surface area (Å²) in [5, 5.41) is 18.7. The predicted octanol–water partition coefficient (Wildman–Crippen LogP) is 1.57. The molecule has 1 aliphatic carbocycles. The van der Waals surface area contributed by atoms with Crippen LogP contribution >= 0.6 is 11.6 Å². The lowest BCUT2D eigenvalue weighted by Gasteiger charge is -1.99. The lowest BCUT2D eigenvalue weighted by Crippen LogP contribution is -2.17. The molecule has 1 aromatic rings. The number of nitrogens with zero attached hydrogens (tertiary/aromatic N) is 2. The average Bonchev–Trinajstić information content (AvgIpc) is 3.00. The minimum atomic E-state index is -1.32. The highest BCUT2D eigenvalue weighted by molar-refractivity contribution is 6.30. The molecule has 0 spiro atoms. The molecular weight excluding hydrogens is 238 g/mol. The summed E-state index contributed by atoms with van der Waals surface area (Å²) in [6, 6.07) is 10.5. The highest BCUT2D eigenvalue weighted by Gasteiger charge is 2.70.